The average molecular weight is 281 g/mol. The van der Waals surface area contributed by atoms with Crippen molar-refractivity contribution in [2.75, 3.05) is 0 Å². The van der Waals surface area contributed by atoms with E-state index in [9.17, 15) is 0 Å². The van der Waals surface area contributed by atoms with Crippen molar-refractivity contribution < 1.29 is 0 Å². The Kier molecular flexibility index (Phi) is 6.17. The monoisotopic (exact) mass is 280 g/mol. The third-order valence-corrected chi connectivity index (χ3v) is 3.03. The number of unbranched alkanes of at least 4 members (excludes halogenated alkanes) is 1. The molecule has 0 aliphatic heterocycles. The van der Waals surface area contributed by atoms with Crippen LogP contribution in [-0.4, -0.2) is 6.04 Å². The zero-order valence-corrected chi connectivity index (χ0v) is 10.8. The Morgan fingerprint density at radius 1 is 1.38 bits per heavy atom. The minimum Gasteiger partial charge on any atom is -0.271 e. The molecule has 0 radical (unpaired) electrons. The molecule has 1 aromatic carbocycles. The Morgan fingerprint density at radius 2 is 2.06 bits per heavy atom. The molecule has 0 spiro atoms. The van der Waals surface area contributed by atoms with Gasteiger partial charge in [-0.25, -0.2) is 0 Å². The first-order valence-electron chi connectivity index (χ1n) is 5.40. The van der Waals surface area contributed by atoms with Crippen LogP contribution in [-0.2, 0) is 6.42 Å². The van der Waals surface area contributed by atoms with Crippen LogP contribution in [0.3, 0.4) is 0 Å². The van der Waals surface area contributed by atoms with Gasteiger partial charge < -0.3 is 0 Å². The van der Waals surface area contributed by atoms with Crippen molar-refractivity contribution in [2.24, 2.45) is 5.84 Å². The quantitative estimate of drug-likeness (QED) is 0.364. The fourth-order valence-electron chi connectivity index (χ4n) is 1.60. The molecule has 3 heteroatoms. The van der Waals surface area contributed by atoms with Crippen molar-refractivity contribution in [1.29, 1.82) is 0 Å². The first kappa shape index (κ1) is 13.2. The zero-order valence-electron chi connectivity index (χ0n) is 9.25. The van der Waals surface area contributed by atoms with E-state index in [-0.39, 0.29) is 0 Å². The number of terminal acetylenes is 1. The van der Waals surface area contributed by atoms with Crippen molar-refractivity contribution in [2.45, 2.75) is 31.7 Å². The van der Waals surface area contributed by atoms with Crippen molar-refractivity contribution in [1.82, 2.24) is 5.43 Å². The number of halogens is 1. The third kappa shape index (κ3) is 4.80. The highest BCUT2D eigenvalue weighted by Gasteiger charge is 2.06. The van der Waals surface area contributed by atoms with Crippen LogP contribution in [0.2, 0.25) is 0 Å². The smallest absolute Gasteiger partial charge is 0.0251 e. The summed E-state index contributed by atoms with van der Waals surface area (Å²) in [7, 11) is 0. The molecule has 0 aromatic heterocycles. The fraction of sp³-hybridized carbons (Fsp3) is 0.385. The molecule has 0 saturated heterocycles. The first-order chi connectivity index (χ1) is 7.76. The van der Waals surface area contributed by atoms with Gasteiger partial charge in [0.25, 0.3) is 0 Å². The number of hydrogen-bond acceptors (Lipinski definition) is 2. The van der Waals surface area contributed by atoms with Crippen LogP contribution in [0.5, 0.6) is 0 Å². The molecule has 1 atom stereocenters. The van der Waals surface area contributed by atoms with E-state index in [1.807, 2.05) is 12.1 Å². The maximum atomic E-state index is 5.52. The SMILES string of the molecule is C#CCCCC(Cc1ccc(Br)cc1)NN. The van der Waals surface area contributed by atoms with Crippen molar-refractivity contribution >= 4 is 15.9 Å². The second-order valence-corrected chi connectivity index (χ2v) is 4.71. The number of nitrogens with two attached hydrogens (primary N) is 1. The Balaban J connectivity index is 2.43. The molecule has 0 fully saturated rings. The van der Waals surface area contributed by atoms with Crippen molar-refractivity contribution in [3.8, 4) is 12.3 Å². The van der Waals surface area contributed by atoms with Gasteiger partial charge in [-0.05, 0) is 37.0 Å². The average Bonchev–Trinajstić information content (AvgIpc) is 2.31. The molecule has 1 unspecified atom stereocenters. The normalized spacial score (nSPS) is 12.1. The lowest BCUT2D eigenvalue weighted by molar-refractivity contribution is 0.479. The topological polar surface area (TPSA) is 38.0 Å². The Hall–Kier alpha value is -0.820. The summed E-state index contributed by atoms with van der Waals surface area (Å²) >= 11 is 3.42. The predicted octanol–water partition coefficient (Wildman–Crippen LogP) is 2.63. The van der Waals surface area contributed by atoms with E-state index in [0.717, 1.165) is 30.2 Å². The summed E-state index contributed by atoms with van der Waals surface area (Å²) < 4.78 is 1.10. The van der Waals surface area contributed by atoms with E-state index in [4.69, 9.17) is 12.3 Å². The zero-order chi connectivity index (χ0) is 11.8. The molecule has 16 heavy (non-hydrogen) atoms. The minimum absolute atomic E-state index is 0.300. The lowest BCUT2D eigenvalue weighted by Gasteiger charge is -2.15. The molecule has 0 saturated carbocycles. The summed E-state index contributed by atoms with van der Waals surface area (Å²) in [6.07, 6.45) is 9.00. The fourth-order valence-corrected chi connectivity index (χ4v) is 1.86. The van der Waals surface area contributed by atoms with E-state index in [0.29, 0.717) is 6.04 Å². The lowest BCUT2D eigenvalue weighted by Crippen LogP contribution is -2.36. The summed E-state index contributed by atoms with van der Waals surface area (Å²) in [5, 5.41) is 0. The number of hydrogen-bond donors (Lipinski definition) is 2. The lowest BCUT2D eigenvalue weighted by atomic mass is 10.0. The van der Waals surface area contributed by atoms with Gasteiger partial charge in [-0.1, -0.05) is 28.1 Å². The van der Waals surface area contributed by atoms with E-state index in [1.54, 1.807) is 0 Å². The van der Waals surface area contributed by atoms with Crippen LogP contribution in [0.25, 0.3) is 0 Å². The molecular weight excluding hydrogens is 264 g/mol. The number of nitrogens with one attached hydrogen (secondary N) is 1. The summed E-state index contributed by atoms with van der Waals surface area (Å²) in [6.45, 7) is 0. The van der Waals surface area contributed by atoms with Crippen LogP contribution in [0, 0.1) is 12.3 Å². The van der Waals surface area contributed by atoms with Gasteiger partial charge in [-0.15, -0.1) is 12.3 Å². The highest BCUT2D eigenvalue weighted by atomic mass is 79.9. The summed E-state index contributed by atoms with van der Waals surface area (Å²) in [6, 6.07) is 8.61. The minimum atomic E-state index is 0.300. The molecular formula is C13H17BrN2. The van der Waals surface area contributed by atoms with Crippen LogP contribution in [0.4, 0.5) is 0 Å². The van der Waals surface area contributed by atoms with E-state index < -0.39 is 0 Å². The highest BCUT2D eigenvalue weighted by molar-refractivity contribution is 9.10. The second-order valence-electron chi connectivity index (χ2n) is 3.79. The van der Waals surface area contributed by atoms with Gasteiger partial charge in [-0.2, -0.15) is 0 Å². The molecule has 1 rings (SSSR count). The molecule has 2 nitrogen and oxygen atoms in total. The number of hydrazine groups is 1. The third-order valence-electron chi connectivity index (χ3n) is 2.50. The Labute approximate surface area is 106 Å². The largest absolute Gasteiger partial charge is 0.271 e. The van der Waals surface area contributed by atoms with Gasteiger partial charge in [0.1, 0.15) is 0 Å². The van der Waals surface area contributed by atoms with Crippen molar-refractivity contribution in [3.05, 3.63) is 34.3 Å². The molecule has 0 aliphatic carbocycles. The maximum Gasteiger partial charge on any atom is 0.0251 e. The summed E-state index contributed by atoms with van der Waals surface area (Å²) in [4.78, 5) is 0. The van der Waals surface area contributed by atoms with Gasteiger partial charge in [0.05, 0.1) is 0 Å². The van der Waals surface area contributed by atoms with E-state index in [1.165, 1.54) is 5.56 Å². The Morgan fingerprint density at radius 3 is 2.62 bits per heavy atom. The molecule has 1 aromatic rings. The Bertz CT molecular complexity index is 340. The number of rotatable bonds is 6. The van der Waals surface area contributed by atoms with Gasteiger partial charge >= 0.3 is 0 Å². The van der Waals surface area contributed by atoms with Crippen LogP contribution >= 0.6 is 15.9 Å². The van der Waals surface area contributed by atoms with Gasteiger partial charge in [0.2, 0.25) is 0 Å². The molecule has 0 heterocycles. The number of benzene rings is 1. The standard InChI is InChI=1S/C13H17BrN2/c1-2-3-4-5-13(16-15)10-11-6-8-12(14)9-7-11/h1,6-9,13,16H,3-5,10,15H2. The summed E-state index contributed by atoms with van der Waals surface area (Å²) in [5.74, 6) is 8.17. The predicted molar refractivity (Wildman–Crippen MR) is 71.6 cm³/mol. The molecule has 0 bridgehead atoms. The first-order valence-corrected chi connectivity index (χ1v) is 6.19. The van der Waals surface area contributed by atoms with Gasteiger partial charge in [0.15, 0.2) is 0 Å². The van der Waals surface area contributed by atoms with Gasteiger partial charge in [0, 0.05) is 16.9 Å². The van der Waals surface area contributed by atoms with Crippen molar-refractivity contribution in [3.63, 3.8) is 0 Å². The van der Waals surface area contributed by atoms with E-state index >= 15 is 0 Å². The maximum absolute atomic E-state index is 5.52. The summed E-state index contributed by atoms with van der Waals surface area (Å²) in [5.41, 5.74) is 4.13. The molecule has 0 amide bonds. The molecule has 3 N–H and O–H groups in total. The van der Waals surface area contributed by atoms with Crippen LogP contribution in [0.15, 0.2) is 28.7 Å². The second kappa shape index (κ2) is 7.45. The van der Waals surface area contributed by atoms with Crippen LogP contribution in [0.1, 0.15) is 24.8 Å². The molecule has 0 aliphatic rings. The van der Waals surface area contributed by atoms with E-state index in [2.05, 4.69) is 39.4 Å². The highest BCUT2D eigenvalue weighted by Crippen LogP contribution is 2.13. The molecule has 86 valence electrons. The van der Waals surface area contributed by atoms with Gasteiger partial charge in [-0.3, -0.25) is 11.3 Å². The van der Waals surface area contributed by atoms with Crippen LogP contribution < -0.4 is 11.3 Å².